The molecule has 0 aromatic heterocycles. The maximum absolute atomic E-state index is 13.1. The van der Waals surface area contributed by atoms with Crippen LogP contribution in [-0.2, 0) is 15.8 Å². The zero-order valence-corrected chi connectivity index (χ0v) is 23.4. The second kappa shape index (κ2) is 11.3. The van der Waals surface area contributed by atoms with Crippen LogP contribution in [0.1, 0.15) is 35.6 Å². The molecule has 0 fully saturated rings. The number of halogens is 4. The number of amidine groups is 1. The zero-order valence-electron chi connectivity index (χ0n) is 21.8. The number of hydrogen-bond donors (Lipinski definition) is 1. The van der Waals surface area contributed by atoms with Crippen molar-refractivity contribution in [1.82, 2.24) is 5.01 Å². The molecule has 0 spiro atoms. The highest BCUT2D eigenvalue weighted by Crippen LogP contribution is 2.39. The average molecular weight is 607 g/mol. The fourth-order valence-corrected chi connectivity index (χ4v) is 6.12. The average Bonchev–Trinajstić information content (AvgIpc) is 3.57. The number of nitrogens with one attached hydrogen (secondary N) is 1. The van der Waals surface area contributed by atoms with Gasteiger partial charge in [0, 0.05) is 23.6 Å². The number of amides is 2. The highest BCUT2D eigenvalue weighted by atomic mass is 35.5. The third-order valence-corrected chi connectivity index (χ3v) is 8.41. The van der Waals surface area contributed by atoms with E-state index in [4.69, 9.17) is 16.7 Å². The van der Waals surface area contributed by atoms with Gasteiger partial charge >= 0.3 is 6.18 Å². The summed E-state index contributed by atoms with van der Waals surface area (Å²) in [5.74, 6) is -1.09. The van der Waals surface area contributed by atoms with E-state index in [2.05, 4.69) is 16.4 Å². The number of anilines is 1. The van der Waals surface area contributed by atoms with E-state index < -0.39 is 28.8 Å². The van der Waals surface area contributed by atoms with Gasteiger partial charge in [-0.25, -0.2) is 5.01 Å². The molecule has 6 nitrogen and oxygen atoms in total. The quantitative estimate of drug-likeness (QED) is 0.253. The second-order valence-electron chi connectivity index (χ2n) is 9.89. The molecule has 0 radical (unpaired) electrons. The first kappa shape index (κ1) is 28.0. The van der Waals surface area contributed by atoms with Crippen molar-refractivity contribution in [2.75, 3.05) is 5.32 Å². The summed E-state index contributed by atoms with van der Waals surface area (Å²) in [7, 11) is 0. The zero-order chi connectivity index (χ0) is 29.4. The standard InChI is InChI=1S/C31H22ClF3N4O2S/c32-23-12-10-19(11-13-23)26-16-25(21-9-8-18-4-1-2-5-20(18)14-21)38-39(26)30-37-29(41)27(42-30)17-28(40)36-24-7-3-6-22(15-24)31(33,34)35/h1-15,26-27H,16-17H2,(H,36,40). The lowest BCUT2D eigenvalue weighted by atomic mass is 9.97. The predicted octanol–water partition coefficient (Wildman–Crippen LogP) is 7.69. The molecule has 6 rings (SSSR count). The van der Waals surface area contributed by atoms with Crippen LogP contribution < -0.4 is 5.32 Å². The lowest BCUT2D eigenvalue weighted by Gasteiger charge is -2.23. The Hall–Kier alpha value is -4.15. The molecule has 11 heteroatoms. The van der Waals surface area contributed by atoms with Gasteiger partial charge in [-0.2, -0.15) is 23.3 Å². The number of carbonyl (C=O) groups excluding carboxylic acids is 2. The van der Waals surface area contributed by atoms with Gasteiger partial charge in [0.25, 0.3) is 5.91 Å². The van der Waals surface area contributed by atoms with Crippen LogP contribution in [0.15, 0.2) is 101 Å². The number of aliphatic imine (C=N–C) groups is 1. The number of rotatable bonds is 5. The molecule has 2 aliphatic heterocycles. The Morgan fingerprint density at radius 3 is 2.50 bits per heavy atom. The Morgan fingerprint density at radius 2 is 1.74 bits per heavy atom. The van der Waals surface area contributed by atoms with Crippen LogP contribution in [-0.4, -0.2) is 33.0 Å². The van der Waals surface area contributed by atoms with Crippen LogP contribution in [0.3, 0.4) is 0 Å². The van der Waals surface area contributed by atoms with Crippen molar-refractivity contribution in [2.24, 2.45) is 10.1 Å². The number of alkyl halides is 3. The predicted molar refractivity (Wildman–Crippen MR) is 160 cm³/mol. The van der Waals surface area contributed by atoms with Crippen LogP contribution in [0.5, 0.6) is 0 Å². The van der Waals surface area contributed by atoms with Gasteiger partial charge in [-0.15, -0.1) is 0 Å². The Balaban J connectivity index is 1.22. The molecular formula is C31H22ClF3N4O2S. The number of hydrogen-bond acceptors (Lipinski definition) is 5. The Kier molecular flexibility index (Phi) is 7.51. The monoisotopic (exact) mass is 606 g/mol. The lowest BCUT2D eigenvalue weighted by Crippen LogP contribution is -2.25. The van der Waals surface area contributed by atoms with E-state index in [1.165, 1.54) is 12.1 Å². The molecule has 2 heterocycles. The molecule has 42 heavy (non-hydrogen) atoms. The van der Waals surface area contributed by atoms with Crippen molar-refractivity contribution in [2.45, 2.75) is 30.3 Å². The lowest BCUT2D eigenvalue weighted by molar-refractivity contribution is -0.137. The normalized spacial score (nSPS) is 18.8. The minimum absolute atomic E-state index is 0.00150. The van der Waals surface area contributed by atoms with Crippen molar-refractivity contribution in [1.29, 1.82) is 0 Å². The van der Waals surface area contributed by atoms with Gasteiger partial charge in [-0.1, -0.05) is 78.0 Å². The van der Waals surface area contributed by atoms with Crippen molar-refractivity contribution in [3.8, 4) is 0 Å². The largest absolute Gasteiger partial charge is 0.416 e. The molecule has 0 saturated carbocycles. The summed E-state index contributed by atoms with van der Waals surface area (Å²) >= 11 is 7.25. The van der Waals surface area contributed by atoms with E-state index in [1.54, 1.807) is 17.1 Å². The second-order valence-corrected chi connectivity index (χ2v) is 11.5. The highest BCUT2D eigenvalue weighted by Gasteiger charge is 2.39. The smallest absolute Gasteiger partial charge is 0.326 e. The highest BCUT2D eigenvalue weighted by molar-refractivity contribution is 8.15. The van der Waals surface area contributed by atoms with Gasteiger partial charge in [0.15, 0.2) is 5.17 Å². The summed E-state index contributed by atoms with van der Waals surface area (Å²) in [5.41, 5.74) is 1.82. The SMILES string of the molecule is O=C(CC1SC(N2N=C(c3ccc4ccccc4c3)CC2c2ccc(Cl)cc2)=NC1=O)Nc1cccc(C(F)(F)F)c1. The minimum atomic E-state index is -4.54. The number of thioether (sulfide) groups is 1. The van der Waals surface area contributed by atoms with E-state index in [9.17, 15) is 22.8 Å². The van der Waals surface area contributed by atoms with Crippen LogP contribution >= 0.6 is 23.4 Å². The summed E-state index contributed by atoms with van der Waals surface area (Å²) in [4.78, 5) is 29.8. The van der Waals surface area contributed by atoms with E-state index in [1.807, 2.05) is 48.5 Å². The molecule has 4 aromatic carbocycles. The van der Waals surface area contributed by atoms with Crippen molar-refractivity contribution in [3.63, 3.8) is 0 Å². The van der Waals surface area contributed by atoms with Crippen LogP contribution in [0.4, 0.5) is 18.9 Å². The number of fused-ring (bicyclic) bond motifs is 1. The Labute approximate surface area is 248 Å². The van der Waals surface area contributed by atoms with E-state index in [0.717, 1.165) is 51.5 Å². The van der Waals surface area contributed by atoms with E-state index in [0.29, 0.717) is 16.6 Å². The van der Waals surface area contributed by atoms with Crippen molar-refractivity contribution in [3.05, 3.63) is 113 Å². The molecule has 0 saturated heterocycles. The summed E-state index contributed by atoms with van der Waals surface area (Å²) < 4.78 is 39.2. The van der Waals surface area contributed by atoms with E-state index >= 15 is 0 Å². The van der Waals surface area contributed by atoms with E-state index in [-0.39, 0.29) is 18.2 Å². The molecule has 0 bridgehead atoms. The van der Waals surface area contributed by atoms with Crippen LogP contribution in [0.25, 0.3) is 10.8 Å². The van der Waals surface area contributed by atoms with Crippen LogP contribution in [0, 0.1) is 0 Å². The summed E-state index contributed by atoms with van der Waals surface area (Å²) in [6.07, 6.45) is -4.24. The van der Waals surface area contributed by atoms with Gasteiger partial charge in [0.05, 0.1) is 17.3 Å². The topological polar surface area (TPSA) is 74.1 Å². The van der Waals surface area contributed by atoms with Gasteiger partial charge in [-0.3, -0.25) is 9.59 Å². The third-order valence-electron chi connectivity index (χ3n) is 7.02. The minimum Gasteiger partial charge on any atom is -0.326 e. The summed E-state index contributed by atoms with van der Waals surface area (Å²) in [6.45, 7) is 0. The molecule has 2 aliphatic rings. The van der Waals surface area contributed by atoms with Gasteiger partial charge < -0.3 is 5.32 Å². The van der Waals surface area contributed by atoms with Gasteiger partial charge in [-0.05, 0) is 58.3 Å². The van der Waals surface area contributed by atoms with Gasteiger partial charge in [0.2, 0.25) is 5.91 Å². The molecule has 0 aliphatic carbocycles. The van der Waals surface area contributed by atoms with Crippen molar-refractivity contribution < 1.29 is 22.8 Å². The fraction of sp³-hybridized carbons (Fsp3) is 0.161. The molecule has 2 atom stereocenters. The van der Waals surface area contributed by atoms with Gasteiger partial charge in [0.1, 0.15) is 5.25 Å². The Bertz CT molecular complexity index is 1760. The number of nitrogens with zero attached hydrogens (tertiary/aromatic N) is 3. The number of hydrazone groups is 1. The maximum atomic E-state index is 13.1. The molecule has 4 aromatic rings. The number of carbonyl (C=O) groups is 2. The third kappa shape index (κ3) is 5.91. The molecule has 1 N–H and O–H groups in total. The van der Waals surface area contributed by atoms with Crippen LogP contribution in [0.2, 0.25) is 5.02 Å². The molecule has 2 amide bonds. The molecular weight excluding hydrogens is 585 g/mol. The summed E-state index contributed by atoms with van der Waals surface area (Å²) in [6, 6.07) is 25.6. The molecule has 2 unspecified atom stereocenters. The first-order valence-electron chi connectivity index (χ1n) is 13.0. The Morgan fingerprint density at radius 1 is 0.976 bits per heavy atom. The summed E-state index contributed by atoms with van der Waals surface area (Å²) in [5, 5.41) is 11.3. The maximum Gasteiger partial charge on any atom is 0.416 e. The number of benzene rings is 4. The fourth-order valence-electron chi connectivity index (χ4n) is 4.93. The molecule has 212 valence electrons. The first-order chi connectivity index (χ1) is 20.1. The van der Waals surface area contributed by atoms with Crippen molar-refractivity contribution >= 4 is 62.5 Å². The first-order valence-corrected chi connectivity index (χ1v) is 14.3.